The van der Waals surface area contributed by atoms with E-state index in [0.717, 1.165) is 47.9 Å². The van der Waals surface area contributed by atoms with Gasteiger partial charge in [-0.1, -0.05) is 31.4 Å². The Hall–Kier alpha value is -2.36. The van der Waals surface area contributed by atoms with Crippen LogP contribution in [0.4, 0.5) is 0 Å². The number of benzene rings is 2. The molecule has 0 aliphatic heterocycles. The first-order valence-corrected chi connectivity index (χ1v) is 9.19. The molecule has 0 amide bonds. The number of phenols is 2. The molecule has 2 aromatic rings. The smallest absolute Gasteiger partial charge is 0.161 e. The molecule has 1 aliphatic rings. The summed E-state index contributed by atoms with van der Waals surface area (Å²) < 4.78 is 10.8. The highest BCUT2D eigenvalue weighted by atomic mass is 16.5. The van der Waals surface area contributed by atoms with Gasteiger partial charge in [0, 0.05) is 5.41 Å². The lowest BCUT2D eigenvalue weighted by Crippen LogP contribution is -2.30. The quantitative estimate of drug-likeness (QED) is 0.811. The summed E-state index contributed by atoms with van der Waals surface area (Å²) in [5.74, 6) is 1.41. The fourth-order valence-electron chi connectivity index (χ4n) is 4.26. The molecule has 0 atom stereocenters. The molecule has 0 bridgehead atoms. The summed E-state index contributed by atoms with van der Waals surface area (Å²) in [6.45, 7) is 3.81. The van der Waals surface area contributed by atoms with Crippen LogP contribution >= 0.6 is 0 Å². The van der Waals surface area contributed by atoms with E-state index in [1.807, 2.05) is 26.0 Å². The predicted molar refractivity (Wildman–Crippen MR) is 103 cm³/mol. The van der Waals surface area contributed by atoms with Crippen LogP contribution in [0, 0.1) is 13.8 Å². The average Bonchev–Trinajstić information content (AvgIpc) is 2.66. The Morgan fingerprint density at radius 1 is 0.731 bits per heavy atom. The SMILES string of the molecule is COc1cc(C2(c3cc(C)c(O)c(OC)c3)CCCCC2)cc(C)c1O. The van der Waals surface area contributed by atoms with Gasteiger partial charge in [0.2, 0.25) is 0 Å². The zero-order valence-electron chi connectivity index (χ0n) is 16.1. The zero-order chi connectivity index (χ0) is 18.9. The molecule has 0 heterocycles. The number of rotatable bonds is 4. The number of methoxy groups -OCH3 is 2. The summed E-state index contributed by atoms with van der Waals surface area (Å²) in [5.41, 5.74) is 3.75. The number of aromatic hydroxyl groups is 2. The van der Waals surface area contributed by atoms with Crippen molar-refractivity contribution in [3.63, 3.8) is 0 Å². The average molecular weight is 356 g/mol. The number of aryl methyl sites for hydroxylation is 2. The molecular weight excluding hydrogens is 328 g/mol. The van der Waals surface area contributed by atoms with Crippen molar-refractivity contribution in [3.05, 3.63) is 46.5 Å². The van der Waals surface area contributed by atoms with Crippen molar-refractivity contribution in [2.75, 3.05) is 14.2 Å². The standard InChI is InChI=1S/C22H28O4/c1-14-10-16(12-18(25-3)20(14)23)22(8-6-5-7-9-22)17-11-15(2)21(24)19(13-17)26-4/h10-13,23-24H,5-9H2,1-4H3. The maximum Gasteiger partial charge on any atom is 0.161 e. The molecule has 2 N–H and O–H groups in total. The summed E-state index contributed by atoms with van der Waals surface area (Å²) in [7, 11) is 3.17. The Morgan fingerprint density at radius 2 is 1.15 bits per heavy atom. The van der Waals surface area contributed by atoms with Gasteiger partial charge in [-0.2, -0.15) is 0 Å². The molecule has 0 unspecified atom stereocenters. The van der Waals surface area contributed by atoms with Crippen molar-refractivity contribution < 1.29 is 19.7 Å². The summed E-state index contributed by atoms with van der Waals surface area (Å²) in [4.78, 5) is 0. The highest BCUT2D eigenvalue weighted by molar-refractivity contribution is 5.56. The van der Waals surface area contributed by atoms with Crippen LogP contribution in [0.15, 0.2) is 24.3 Å². The van der Waals surface area contributed by atoms with Crippen LogP contribution in [0.25, 0.3) is 0 Å². The normalized spacial score (nSPS) is 16.3. The number of hydrogen-bond acceptors (Lipinski definition) is 4. The Balaban J connectivity index is 2.24. The molecule has 26 heavy (non-hydrogen) atoms. The monoisotopic (exact) mass is 356 g/mol. The Morgan fingerprint density at radius 3 is 1.54 bits per heavy atom. The van der Waals surface area contributed by atoms with Crippen molar-refractivity contribution in [2.45, 2.75) is 51.4 Å². The fraction of sp³-hybridized carbons (Fsp3) is 0.455. The molecule has 1 fully saturated rings. The lowest BCUT2D eigenvalue weighted by atomic mass is 9.65. The molecule has 0 aromatic heterocycles. The van der Waals surface area contributed by atoms with Gasteiger partial charge in [0.25, 0.3) is 0 Å². The van der Waals surface area contributed by atoms with Crippen molar-refractivity contribution in [1.82, 2.24) is 0 Å². The van der Waals surface area contributed by atoms with Gasteiger partial charge in [-0.05, 0) is 61.1 Å². The first-order chi connectivity index (χ1) is 12.4. The second kappa shape index (κ2) is 7.10. The van der Waals surface area contributed by atoms with Gasteiger partial charge in [0.05, 0.1) is 14.2 Å². The molecule has 1 aliphatic carbocycles. The molecule has 0 spiro atoms. The summed E-state index contributed by atoms with van der Waals surface area (Å²) in [6, 6.07) is 8.06. The third kappa shape index (κ3) is 2.98. The van der Waals surface area contributed by atoms with Crippen molar-refractivity contribution in [2.24, 2.45) is 0 Å². The molecular formula is C22H28O4. The van der Waals surface area contributed by atoms with E-state index in [-0.39, 0.29) is 16.9 Å². The molecule has 0 radical (unpaired) electrons. The Labute approximate surface area is 155 Å². The zero-order valence-corrected chi connectivity index (χ0v) is 16.1. The highest BCUT2D eigenvalue weighted by Gasteiger charge is 2.37. The second-order valence-corrected chi connectivity index (χ2v) is 7.33. The minimum atomic E-state index is -0.171. The third-order valence-electron chi connectivity index (χ3n) is 5.78. The van der Waals surface area contributed by atoms with Crippen molar-refractivity contribution in [1.29, 1.82) is 0 Å². The Bertz CT molecular complexity index is 743. The lowest BCUT2D eigenvalue weighted by Gasteiger charge is -2.39. The van der Waals surface area contributed by atoms with Gasteiger partial charge < -0.3 is 19.7 Å². The van der Waals surface area contributed by atoms with Crippen LogP contribution in [-0.2, 0) is 5.41 Å². The lowest BCUT2D eigenvalue weighted by molar-refractivity contribution is 0.334. The van der Waals surface area contributed by atoms with Gasteiger partial charge in [0.1, 0.15) is 0 Å². The van der Waals surface area contributed by atoms with Gasteiger partial charge in [-0.3, -0.25) is 0 Å². The van der Waals surface area contributed by atoms with Crippen LogP contribution in [0.2, 0.25) is 0 Å². The second-order valence-electron chi connectivity index (χ2n) is 7.33. The van der Waals surface area contributed by atoms with Gasteiger partial charge in [-0.25, -0.2) is 0 Å². The largest absolute Gasteiger partial charge is 0.504 e. The van der Waals surface area contributed by atoms with Crippen molar-refractivity contribution in [3.8, 4) is 23.0 Å². The van der Waals surface area contributed by atoms with Crippen molar-refractivity contribution >= 4 is 0 Å². The van der Waals surface area contributed by atoms with Crippen LogP contribution in [-0.4, -0.2) is 24.4 Å². The number of phenolic OH excluding ortho intramolecular Hbond substituents is 2. The fourth-order valence-corrected chi connectivity index (χ4v) is 4.26. The van der Waals surface area contributed by atoms with E-state index in [1.54, 1.807) is 14.2 Å². The molecule has 0 saturated heterocycles. The van der Waals surface area contributed by atoms with Gasteiger partial charge >= 0.3 is 0 Å². The molecule has 4 nitrogen and oxygen atoms in total. The van der Waals surface area contributed by atoms with E-state index >= 15 is 0 Å². The first kappa shape index (κ1) is 18.4. The van der Waals surface area contributed by atoms with Crippen LogP contribution < -0.4 is 9.47 Å². The number of hydrogen-bond donors (Lipinski definition) is 2. The van der Waals surface area contributed by atoms with Gasteiger partial charge in [0.15, 0.2) is 23.0 Å². The third-order valence-corrected chi connectivity index (χ3v) is 5.78. The molecule has 1 saturated carbocycles. The van der Waals surface area contributed by atoms with E-state index in [4.69, 9.17) is 9.47 Å². The van der Waals surface area contributed by atoms with E-state index in [1.165, 1.54) is 6.42 Å². The van der Waals surface area contributed by atoms with E-state index in [9.17, 15) is 10.2 Å². The Kier molecular flexibility index (Phi) is 5.03. The summed E-state index contributed by atoms with van der Waals surface area (Å²) in [6.07, 6.45) is 5.56. The molecule has 3 rings (SSSR count). The summed E-state index contributed by atoms with van der Waals surface area (Å²) in [5, 5.41) is 20.5. The van der Waals surface area contributed by atoms with E-state index in [2.05, 4.69) is 12.1 Å². The maximum atomic E-state index is 10.3. The minimum absolute atomic E-state index is 0.171. The summed E-state index contributed by atoms with van der Waals surface area (Å²) >= 11 is 0. The number of ether oxygens (including phenoxy) is 2. The minimum Gasteiger partial charge on any atom is -0.504 e. The predicted octanol–water partition coefficient (Wildman–Crippen LogP) is 4.98. The molecule has 4 heteroatoms. The molecule has 2 aromatic carbocycles. The van der Waals surface area contributed by atoms with E-state index in [0.29, 0.717) is 11.5 Å². The van der Waals surface area contributed by atoms with Crippen LogP contribution in [0.1, 0.15) is 54.4 Å². The van der Waals surface area contributed by atoms with E-state index < -0.39 is 0 Å². The first-order valence-electron chi connectivity index (χ1n) is 9.19. The maximum absolute atomic E-state index is 10.3. The molecule has 140 valence electrons. The van der Waals surface area contributed by atoms with Crippen LogP contribution in [0.3, 0.4) is 0 Å². The van der Waals surface area contributed by atoms with Crippen LogP contribution in [0.5, 0.6) is 23.0 Å². The van der Waals surface area contributed by atoms with Gasteiger partial charge in [-0.15, -0.1) is 0 Å². The topological polar surface area (TPSA) is 58.9 Å². The highest BCUT2D eigenvalue weighted by Crippen LogP contribution is 2.49.